The van der Waals surface area contributed by atoms with Crippen LogP contribution in [0.2, 0.25) is 0 Å². The Hall–Kier alpha value is 2.25. The van der Waals surface area contributed by atoms with Gasteiger partial charge in [-0.05, 0) is 0 Å². The van der Waals surface area contributed by atoms with Crippen LogP contribution >= 0.6 is 24.0 Å². The minimum Gasteiger partial charge on any atom is -1.00 e. The number of hydrogen-bond donors (Lipinski definition) is 0. The third-order valence-corrected chi connectivity index (χ3v) is 0. The van der Waals surface area contributed by atoms with Crippen LogP contribution in [0.5, 0.6) is 0 Å². The second kappa shape index (κ2) is 18.8. The summed E-state index contributed by atoms with van der Waals surface area (Å²) in [6.45, 7) is 0. The van der Waals surface area contributed by atoms with Gasteiger partial charge in [-0.25, -0.2) is 0 Å². The summed E-state index contributed by atoms with van der Waals surface area (Å²) in [5, 5.41) is 0. The molecule has 0 amide bonds. The van der Waals surface area contributed by atoms with E-state index in [1.165, 1.54) is 0 Å². The molecular formula is HCl2HgI. The van der Waals surface area contributed by atoms with Crippen molar-refractivity contribution in [1.82, 2.24) is 0 Å². The summed E-state index contributed by atoms with van der Waals surface area (Å²) in [6, 6.07) is 0. The van der Waals surface area contributed by atoms with Crippen molar-refractivity contribution in [1.29, 1.82) is 0 Å². The van der Waals surface area contributed by atoms with Crippen molar-refractivity contribution in [2.24, 2.45) is 0 Å². The second-order valence-electron chi connectivity index (χ2n) is 0. The summed E-state index contributed by atoms with van der Waals surface area (Å²) >= 11 is 0. The van der Waals surface area contributed by atoms with E-state index in [-0.39, 0.29) is 76.5 Å². The van der Waals surface area contributed by atoms with Crippen LogP contribution in [0.25, 0.3) is 0 Å². The predicted octanol–water partition coefficient (Wildman–Crippen LogP) is -5.38. The number of halogens is 3. The maximum atomic E-state index is 0. The summed E-state index contributed by atoms with van der Waals surface area (Å²) in [7, 11) is 0. The Morgan fingerprint density at radius 1 is 0.750 bits per heavy atom. The van der Waals surface area contributed by atoms with Crippen LogP contribution in [0.1, 0.15) is 0 Å². The van der Waals surface area contributed by atoms with Gasteiger partial charge in [0, 0.05) is 0 Å². The van der Waals surface area contributed by atoms with Gasteiger partial charge in [0.15, 0.2) is 0 Å². The van der Waals surface area contributed by atoms with E-state index in [0.29, 0.717) is 0 Å². The van der Waals surface area contributed by atoms with E-state index in [2.05, 4.69) is 0 Å². The molecule has 0 saturated carbocycles. The maximum Gasteiger partial charge on any atom is 2.00 e. The Labute approximate surface area is 75.5 Å². The van der Waals surface area contributed by atoms with E-state index in [4.69, 9.17) is 0 Å². The summed E-state index contributed by atoms with van der Waals surface area (Å²) < 4.78 is 0. The zero-order valence-electron chi connectivity index (χ0n) is 1.87. The van der Waals surface area contributed by atoms with Crippen molar-refractivity contribution in [2.75, 3.05) is 0 Å². The fraction of sp³-hybridized carbons (Fsp3) is 0. The molecule has 0 rings (SSSR count). The van der Waals surface area contributed by atoms with Crippen molar-refractivity contribution in [2.45, 2.75) is 0 Å². The SMILES string of the molecule is I.[Cl-].[Cl-].[Hg+2]. The molecule has 0 fully saturated rings. The van der Waals surface area contributed by atoms with Crippen molar-refractivity contribution >= 4 is 24.0 Å². The molecule has 0 aromatic heterocycles. The molecule has 0 nitrogen and oxygen atoms in total. The van der Waals surface area contributed by atoms with Crippen LogP contribution in [0, 0.1) is 0 Å². The van der Waals surface area contributed by atoms with Crippen molar-refractivity contribution in [3.8, 4) is 0 Å². The van der Waals surface area contributed by atoms with E-state index in [0.717, 1.165) is 0 Å². The molecule has 0 aromatic carbocycles. The molecular weight excluding hydrogens is 398 g/mol. The molecule has 0 aliphatic carbocycles. The average Bonchev–Trinajstić information content (AvgIpc) is 0. The maximum absolute atomic E-state index is 0. The molecule has 0 aliphatic rings. The van der Waals surface area contributed by atoms with Gasteiger partial charge < -0.3 is 24.8 Å². The van der Waals surface area contributed by atoms with Gasteiger partial charge in [0.1, 0.15) is 0 Å². The fourth-order valence-electron chi connectivity index (χ4n) is 0. The largest absolute Gasteiger partial charge is 2.00 e. The Bertz CT molecular complexity index is 6.00. The standard InChI is InChI=1S/2ClH.Hg.HI/h2*1H;;1H/q;;+2;/p-2. The molecule has 0 heterocycles. The molecule has 0 N–H and O–H groups in total. The molecule has 0 atom stereocenters. The molecule has 0 aromatic rings. The van der Waals surface area contributed by atoms with E-state index in [1.807, 2.05) is 0 Å². The first-order valence-electron chi connectivity index (χ1n) is 0. The van der Waals surface area contributed by atoms with Crippen molar-refractivity contribution in [3.63, 3.8) is 0 Å². The molecule has 0 saturated heterocycles. The van der Waals surface area contributed by atoms with Crippen LogP contribution in [0.4, 0.5) is 0 Å². The van der Waals surface area contributed by atoms with Gasteiger partial charge in [0.05, 0.1) is 0 Å². The zero-order valence-corrected chi connectivity index (χ0v) is 11.2. The van der Waals surface area contributed by atoms with Crippen LogP contribution in [-0.4, -0.2) is 0 Å². The van der Waals surface area contributed by atoms with Crippen molar-refractivity contribution < 1.29 is 52.5 Å². The van der Waals surface area contributed by atoms with Crippen LogP contribution in [0.3, 0.4) is 0 Å². The number of rotatable bonds is 0. The molecule has 4 heteroatoms. The first-order valence-corrected chi connectivity index (χ1v) is 0. The van der Waals surface area contributed by atoms with Gasteiger partial charge in [0.25, 0.3) is 0 Å². The number of hydrogen-bond acceptors (Lipinski definition) is 0. The Morgan fingerprint density at radius 3 is 0.750 bits per heavy atom. The van der Waals surface area contributed by atoms with E-state index < -0.39 is 0 Å². The fourth-order valence-corrected chi connectivity index (χ4v) is 0. The minimum absolute atomic E-state index is 0. The van der Waals surface area contributed by atoms with Gasteiger partial charge in [-0.3, -0.25) is 0 Å². The van der Waals surface area contributed by atoms with E-state index in [1.54, 1.807) is 0 Å². The van der Waals surface area contributed by atoms with Crippen LogP contribution in [-0.2, 0) is 27.7 Å². The molecule has 0 bridgehead atoms. The normalized spacial score (nSPS) is 0. The summed E-state index contributed by atoms with van der Waals surface area (Å²) in [5.41, 5.74) is 0. The quantitative estimate of drug-likeness (QED) is 0.282. The van der Waals surface area contributed by atoms with E-state index in [9.17, 15) is 0 Å². The Morgan fingerprint density at radius 2 is 0.750 bits per heavy atom. The molecule has 0 radical (unpaired) electrons. The smallest absolute Gasteiger partial charge is 1.00 e. The zero-order chi connectivity index (χ0) is 0. The average molecular weight is 399 g/mol. The van der Waals surface area contributed by atoms with E-state index >= 15 is 0 Å². The van der Waals surface area contributed by atoms with Crippen LogP contribution in [0.15, 0.2) is 0 Å². The molecule has 24 valence electrons. The van der Waals surface area contributed by atoms with Gasteiger partial charge in [-0.2, -0.15) is 0 Å². The van der Waals surface area contributed by atoms with Crippen LogP contribution < -0.4 is 24.8 Å². The predicted molar refractivity (Wildman–Crippen MR) is 15.4 cm³/mol. The summed E-state index contributed by atoms with van der Waals surface area (Å²) in [4.78, 5) is 0. The minimum atomic E-state index is 0. The van der Waals surface area contributed by atoms with Gasteiger partial charge >= 0.3 is 27.7 Å². The second-order valence-corrected chi connectivity index (χ2v) is 0. The Balaban J connectivity index is 0. The molecule has 0 aliphatic heterocycles. The summed E-state index contributed by atoms with van der Waals surface area (Å²) in [5.74, 6) is 0. The molecule has 0 spiro atoms. The summed E-state index contributed by atoms with van der Waals surface area (Å²) in [6.07, 6.45) is 0. The van der Waals surface area contributed by atoms with Crippen molar-refractivity contribution in [3.05, 3.63) is 0 Å². The monoisotopic (exact) mass is 400 g/mol. The van der Waals surface area contributed by atoms with Gasteiger partial charge in [-0.1, -0.05) is 0 Å². The third kappa shape index (κ3) is 8.87. The third-order valence-electron chi connectivity index (χ3n) is 0. The topological polar surface area (TPSA) is 0 Å². The molecule has 4 heavy (non-hydrogen) atoms. The Kier molecular flexibility index (Phi) is 160. The first-order chi connectivity index (χ1) is 0. The van der Waals surface area contributed by atoms with Gasteiger partial charge in [-0.15, -0.1) is 24.0 Å². The molecule has 0 unspecified atom stereocenters. The van der Waals surface area contributed by atoms with Gasteiger partial charge in [0.2, 0.25) is 0 Å². The first kappa shape index (κ1) is 34.1.